The minimum Gasteiger partial charge on any atom is -0.493 e. The summed E-state index contributed by atoms with van der Waals surface area (Å²) in [5.41, 5.74) is 0. The second-order valence-electron chi connectivity index (χ2n) is 5.56. The molecule has 0 aliphatic carbocycles. The highest BCUT2D eigenvalue weighted by Crippen LogP contribution is 2.18. The predicted molar refractivity (Wildman–Crippen MR) is 80.8 cm³/mol. The van der Waals surface area contributed by atoms with Crippen LogP contribution < -0.4 is 4.74 Å². The summed E-state index contributed by atoms with van der Waals surface area (Å²) in [7, 11) is -2.87. The van der Waals surface area contributed by atoms with Crippen LogP contribution in [0.15, 0.2) is 30.3 Å². The minimum atomic E-state index is -2.87. The molecule has 2 rings (SSSR count). The van der Waals surface area contributed by atoms with E-state index in [1.807, 2.05) is 30.3 Å². The lowest BCUT2D eigenvalue weighted by Gasteiger charge is -2.32. The molecular weight excluding hydrogens is 274 g/mol. The summed E-state index contributed by atoms with van der Waals surface area (Å²) in [5, 5.41) is 0. The van der Waals surface area contributed by atoms with Crippen molar-refractivity contribution in [2.45, 2.75) is 12.8 Å². The maximum atomic E-state index is 11.2. The molecule has 0 unspecified atom stereocenters. The average Bonchev–Trinajstić information content (AvgIpc) is 2.44. The lowest BCUT2D eigenvalue weighted by Crippen LogP contribution is -2.40. The summed E-state index contributed by atoms with van der Waals surface area (Å²) in [6.45, 7) is 3.28. The molecule has 5 heteroatoms. The molecule has 0 radical (unpaired) electrons. The fourth-order valence-electron chi connectivity index (χ4n) is 2.52. The van der Waals surface area contributed by atoms with Crippen molar-refractivity contribution >= 4 is 9.84 Å². The molecule has 1 atom stereocenters. The molecule has 0 bridgehead atoms. The van der Waals surface area contributed by atoms with Crippen LogP contribution in [-0.2, 0) is 9.84 Å². The van der Waals surface area contributed by atoms with Gasteiger partial charge in [-0.05, 0) is 31.5 Å². The fourth-order valence-corrected chi connectivity index (χ4v) is 3.11. The average molecular weight is 297 g/mol. The molecule has 4 nitrogen and oxygen atoms in total. The molecule has 112 valence electrons. The van der Waals surface area contributed by atoms with Crippen LogP contribution in [0, 0.1) is 5.92 Å². The van der Waals surface area contributed by atoms with Crippen molar-refractivity contribution in [3.63, 3.8) is 0 Å². The Kier molecular flexibility index (Phi) is 5.43. The van der Waals surface area contributed by atoms with Gasteiger partial charge in [0, 0.05) is 25.3 Å². The van der Waals surface area contributed by atoms with E-state index in [1.165, 1.54) is 6.26 Å². The first kappa shape index (κ1) is 15.3. The van der Waals surface area contributed by atoms with Crippen LogP contribution in [-0.4, -0.2) is 51.6 Å². The monoisotopic (exact) mass is 297 g/mol. The second-order valence-corrected chi connectivity index (χ2v) is 7.82. The number of hydrogen-bond donors (Lipinski definition) is 0. The van der Waals surface area contributed by atoms with E-state index in [0.29, 0.717) is 19.1 Å². The van der Waals surface area contributed by atoms with Crippen LogP contribution in [0.4, 0.5) is 0 Å². The smallest absolute Gasteiger partial charge is 0.148 e. The van der Waals surface area contributed by atoms with E-state index in [-0.39, 0.29) is 5.75 Å². The minimum absolute atomic E-state index is 0.249. The van der Waals surface area contributed by atoms with E-state index in [4.69, 9.17) is 4.74 Å². The summed E-state index contributed by atoms with van der Waals surface area (Å²) >= 11 is 0. The Morgan fingerprint density at radius 1 is 1.30 bits per heavy atom. The van der Waals surface area contributed by atoms with Crippen LogP contribution >= 0.6 is 0 Å². The molecule has 1 fully saturated rings. The number of nitrogens with zero attached hydrogens (tertiary/aromatic N) is 1. The third-order valence-electron chi connectivity index (χ3n) is 3.61. The molecule has 1 saturated heterocycles. The van der Waals surface area contributed by atoms with Crippen molar-refractivity contribution in [3.05, 3.63) is 30.3 Å². The number of sulfone groups is 1. The van der Waals surface area contributed by atoms with Crippen molar-refractivity contribution in [2.24, 2.45) is 5.92 Å². The molecule has 20 heavy (non-hydrogen) atoms. The van der Waals surface area contributed by atoms with E-state index < -0.39 is 9.84 Å². The Morgan fingerprint density at radius 2 is 2.05 bits per heavy atom. The third kappa shape index (κ3) is 5.51. The van der Waals surface area contributed by atoms with E-state index >= 15 is 0 Å². The Morgan fingerprint density at radius 3 is 2.75 bits per heavy atom. The normalized spacial score (nSPS) is 20.8. The first-order valence-electron chi connectivity index (χ1n) is 7.11. The Bertz CT molecular complexity index is 501. The standard InChI is InChI=1S/C15H23NO3S/c1-20(17,18)11-10-16-9-5-6-14(12-16)13-19-15-7-3-2-4-8-15/h2-4,7-8,14H,5-6,9-13H2,1H3/t14-/m0/s1. The van der Waals surface area contributed by atoms with Gasteiger partial charge in [-0.25, -0.2) is 8.42 Å². The SMILES string of the molecule is CS(=O)(=O)CCN1CCC[C@H](COc2ccccc2)C1. The van der Waals surface area contributed by atoms with Crippen LogP contribution in [0.5, 0.6) is 5.75 Å². The van der Waals surface area contributed by atoms with Gasteiger partial charge in [0.25, 0.3) is 0 Å². The number of rotatable bonds is 6. The fraction of sp³-hybridized carbons (Fsp3) is 0.600. The number of hydrogen-bond acceptors (Lipinski definition) is 4. The maximum absolute atomic E-state index is 11.2. The second kappa shape index (κ2) is 7.09. The van der Waals surface area contributed by atoms with E-state index in [2.05, 4.69) is 4.90 Å². The van der Waals surface area contributed by atoms with Gasteiger partial charge in [-0.15, -0.1) is 0 Å². The molecule has 1 aliphatic heterocycles. The summed E-state index contributed by atoms with van der Waals surface area (Å²) in [4.78, 5) is 2.24. The third-order valence-corrected chi connectivity index (χ3v) is 4.53. The van der Waals surface area contributed by atoms with Crippen LogP contribution in [0.2, 0.25) is 0 Å². The Labute approximate surface area is 121 Å². The van der Waals surface area contributed by atoms with E-state index in [9.17, 15) is 8.42 Å². The van der Waals surface area contributed by atoms with Gasteiger partial charge in [0.2, 0.25) is 0 Å². The summed E-state index contributed by atoms with van der Waals surface area (Å²) in [6.07, 6.45) is 3.57. The lowest BCUT2D eigenvalue weighted by atomic mass is 9.99. The van der Waals surface area contributed by atoms with Gasteiger partial charge in [-0.2, -0.15) is 0 Å². The van der Waals surface area contributed by atoms with Gasteiger partial charge < -0.3 is 9.64 Å². The van der Waals surface area contributed by atoms with Gasteiger partial charge in [0.15, 0.2) is 0 Å². The first-order valence-corrected chi connectivity index (χ1v) is 9.17. The largest absolute Gasteiger partial charge is 0.493 e. The Balaban J connectivity index is 1.76. The van der Waals surface area contributed by atoms with Crippen molar-refractivity contribution in [2.75, 3.05) is 38.2 Å². The van der Waals surface area contributed by atoms with Crippen molar-refractivity contribution < 1.29 is 13.2 Å². The maximum Gasteiger partial charge on any atom is 0.148 e. The molecule has 1 aromatic carbocycles. The number of ether oxygens (including phenoxy) is 1. The molecule has 1 heterocycles. The zero-order chi connectivity index (χ0) is 14.4. The molecule has 1 aromatic rings. The van der Waals surface area contributed by atoms with Crippen molar-refractivity contribution in [1.82, 2.24) is 4.90 Å². The number of likely N-dealkylation sites (tertiary alicyclic amines) is 1. The van der Waals surface area contributed by atoms with Crippen molar-refractivity contribution in [3.8, 4) is 5.75 Å². The van der Waals surface area contributed by atoms with E-state index in [0.717, 1.165) is 31.7 Å². The molecule has 1 aliphatic rings. The Hall–Kier alpha value is -1.07. The van der Waals surface area contributed by atoms with Gasteiger partial charge in [-0.3, -0.25) is 0 Å². The van der Waals surface area contributed by atoms with Gasteiger partial charge >= 0.3 is 0 Å². The topological polar surface area (TPSA) is 46.6 Å². The zero-order valence-electron chi connectivity index (χ0n) is 12.0. The summed E-state index contributed by atoms with van der Waals surface area (Å²) in [6, 6.07) is 9.83. The molecule has 0 aromatic heterocycles. The highest BCUT2D eigenvalue weighted by molar-refractivity contribution is 7.90. The molecule has 0 saturated carbocycles. The highest BCUT2D eigenvalue weighted by Gasteiger charge is 2.21. The predicted octanol–water partition coefficient (Wildman–Crippen LogP) is 1.82. The van der Waals surface area contributed by atoms with E-state index in [1.54, 1.807) is 0 Å². The van der Waals surface area contributed by atoms with Crippen molar-refractivity contribution in [1.29, 1.82) is 0 Å². The number of para-hydroxylation sites is 1. The van der Waals surface area contributed by atoms with Gasteiger partial charge in [0.1, 0.15) is 15.6 Å². The summed E-state index contributed by atoms with van der Waals surface area (Å²) in [5.74, 6) is 1.64. The first-order chi connectivity index (χ1) is 9.53. The summed E-state index contributed by atoms with van der Waals surface area (Å²) < 4.78 is 28.2. The molecular formula is C15H23NO3S. The highest BCUT2D eigenvalue weighted by atomic mass is 32.2. The molecule has 0 spiro atoms. The van der Waals surface area contributed by atoms with Crippen LogP contribution in [0.25, 0.3) is 0 Å². The van der Waals surface area contributed by atoms with Crippen LogP contribution in [0.3, 0.4) is 0 Å². The quantitative estimate of drug-likeness (QED) is 0.803. The number of benzene rings is 1. The number of piperidine rings is 1. The molecule has 0 amide bonds. The lowest BCUT2D eigenvalue weighted by molar-refractivity contribution is 0.135. The molecule has 0 N–H and O–H groups in total. The van der Waals surface area contributed by atoms with Gasteiger partial charge in [0.05, 0.1) is 12.4 Å². The zero-order valence-corrected chi connectivity index (χ0v) is 12.8. The van der Waals surface area contributed by atoms with Gasteiger partial charge in [-0.1, -0.05) is 18.2 Å². The van der Waals surface area contributed by atoms with Crippen LogP contribution in [0.1, 0.15) is 12.8 Å².